The van der Waals surface area contributed by atoms with Crippen LogP contribution in [0.1, 0.15) is 18.0 Å². The second kappa shape index (κ2) is 7.20. The van der Waals surface area contributed by atoms with Gasteiger partial charge in [-0.25, -0.2) is 13.1 Å². The van der Waals surface area contributed by atoms with Crippen molar-refractivity contribution in [2.75, 3.05) is 0 Å². The highest BCUT2D eigenvalue weighted by Crippen LogP contribution is 2.26. The number of aliphatic carboxylic acids is 1. The minimum Gasteiger partial charge on any atom is -0.481 e. The van der Waals surface area contributed by atoms with Gasteiger partial charge in [-0.2, -0.15) is 0 Å². The first kappa shape index (κ1) is 17.6. The molecule has 0 fully saturated rings. The smallest absolute Gasteiger partial charge is 0.305 e. The second-order valence-corrected chi connectivity index (χ2v) is 6.59. The summed E-state index contributed by atoms with van der Waals surface area (Å²) < 4.78 is 27.3. The summed E-state index contributed by atoms with van der Waals surface area (Å²) in [7, 11) is -4.28. The van der Waals surface area contributed by atoms with Gasteiger partial charge in [-0.05, 0) is 11.6 Å². The quantitative estimate of drug-likeness (QED) is 0.581. The van der Waals surface area contributed by atoms with Crippen LogP contribution in [0.15, 0.2) is 59.5 Å². The first-order valence-corrected chi connectivity index (χ1v) is 8.32. The molecule has 0 amide bonds. The van der Waals surface area contributed by atoms with E-state index in [0.29, 0.717) is 5.56 Å². The van der Waals surface area contributed by atoms with Crippen molar-refractivity contribution >= 4 is 21.7 Å². The molecule has 2 aromatic carbocycles. The van der Waals surface area contributed by atoms with E-state index in [1.54, 1.807) is 30.3 Å². The van der Waals surface area contributed by atoms with Gasteiger partial charge in [0.05, 0.1) is 17.4 Å². The number of carboxylic acid groups (broad SMARTS) is 1. The molecule has 0 spiro atoms. The summed E-state index contributed by atoms with van der Waals surface area (Å²) in [5, 5.41) is 20.0. The molecule has 2 aromatic rings. The minimum atomic E-state index is -4.28. The highest BCUT2D eigenvalue weighted by molar-refractivity contribution is 7.89. The number of carboxylic acids is 1. The maximum absolute atomic E-state index is 12.5. The van der Waals surface area contributed by atoms with Crippen molar-refractivity contribution in [3.05, 3.63) is 70.3 Å². The van der Waals surface area contributed by atoms with Crippen LogP contribution in [0.4, 0.5) is 5.69 Å². The lowest BCUT2D eigenvalue weighted by Crippen LogP contribution is -2.30. The molecule has 1 unspecified atom stereocenters. The summed E-state index contributed by atoms with van der Waals surface area (Å²) in [4.78, 5) is 20.7. The van der Waals surface area contributed by atoms with E-state index in [4.69, 9.17) is 5.11 Å². The number of nitrogens with zero attached hydrogens (tertiary/aromatic N) is 1. The molecule has 0 saturated carbocycles. The van der Waals surface area contributed by atoms with Crippen LogP contribution < -0.4 is 4.72 Å². The molecule has 0 aromatic heterocycles. The van der Waals surface area contributed by atoms with Crippen LogP contribution in [-0.4, -0.2) is 24.4 Å². The Morgan fingerprint density at radius 2 is 1.71 bits per heavy atom. The van der Waals surface area contributed by atoms with E-state index in [0.717, 1.165) is 12.1 Å². The number of carbonyl (C=O) groups is 1. The molecule has 0 aliphatic heterocycles. The molecule has 24 heavy (non-hydrogen) atoms. The van der Waals surface area contributed by atoms with Gasteiger partial charge in [0.25, 0.3) is 5.69 Å². The summed E-state index contributed by atoms with van der Waals surface area (Å²) in [5.41, 5.74) is -0.130. The summed E-state index contributed by atoms with van der Waals surface area (Å²) in [5.74, 6) is -1.20. The highest BCUT2D eigenvalue weighted by Gasteiger charge is 2.29. The van der Waals surface area contributed by atoms with Crippen LogP contribution in [0.25, 0.3) is 0 Å². The number of nitrogens with one attached hydrogen (secondary N) is 1. The van der Waals surface area contributed by atoms with Gasteiger partial charge in [-0.1, -0.05) is 42.5 Å². The molecule has 0 heterocycles. The molecule has 126 valence electrons. The largest absolute Gasteiger partial charge is 0.481 e. The highest BCUT2D eigenvalue weighted by atomic mass is 32.2. The van der Waals surface area contributed by atoms with E-state index in [1.165, 1.54) is 12.1 Å². The summed E-state index contributed by atoms with van der Waals surface area (Å²) in [6, 6.07) is 12.0. The molecule has 0 bridgehead atoms. The minimum absolute atomic E-state index is 0.446. The maximum Gasteiger partial charge on any atom is 0.305 e. The van der Waals surface area contributed by atoms with Gasteiger partial charge in [-0.3, -0.25) is 14.9 Å². The van der Waals surface area contributed by atoms with Crippen molar-refractivity contribution in [2.45, 2.75) is 17.4 Å². The number of nitro benzene ring substituents is 1. The van der Waals surface area contributed by atoms with Gasteiger partial charge < -0.3 is 5.11 Å². The lowest BCUT2D eigenvalue weighted by atomic mass is 10.1. The third-order valence-electron chi connectivity index (χ3n) is 3.23. The molecule has 1 atom stereocenters. The van der Waals surface area contributed by atoms with Crippen molar-refractivity contribution in [1.29, 1.82) is 0 Å². The first-order valence-electron chi connectivity index (χ1n) is 6.84. The van der Waals surface area contributed by atoms with Crippen LogP contribution in [0.2, 0.25) is 0 Å². The van der Waals surface area contributed by atoms with E-state index in [9.17, 15) is 23.3 Å². The van der Waals surface area contributed by atoms with Crippen molar-refractivity contribution in [2.24, 2.45) is 0 Å². The zero-order chi connectivity index (χ0) is 17.7. The monoisotopic (exact) mass is 350 g/mol. The third-order valence-corrected chi connectivity index (χ3v) is 4.75. The SMILES string of the molecule is O=C(O)CC(NS(=O)(=O)c1ccccc1[N+](=O)[O-])c1ccccc1. The molecular weight excluding hydrogens is 336 g/mol. The summed E-state index contributed by atoms with van der Waals surface area (Å²) >= 11 is 0. The predicted octanol–water partition coefficient (Wildman–Crippen LogP) is 2.09. The fourth-order valence-electron chi connectivity index (χ4n) is 2.17. The first-order chi connectivity index (χ1) is 11.3. The zero-order valence-electron chi connectivity index (χ0n) is 12.3. The number of sulfonamides is 1. The fraction of sp³-hybridized carbons (Fsp3) is 0.133. The van der Waals surface area contributed by atoms with Crippen molar-refractivity contribution < 1.29 is 23.2 Å². The van der Waals surface area contributed by atoms with Gasteiger partial charge in [-0.15, -0.1) is 0 Å². The maximum atomic E-state index is 12.5. The predicted molar refractivity (Wildman–Crippen MR) is 84.9 cm³/mol. The summed E-state index contributed by atoms with van der Waals surface area (Å²) in [6.45, 7) is 0. The lowest BCUT2D eigenvalue weighted by Gasteiger charge is -2.17. The van der Waals surface area contributed by atoms with Crippen molar-refractivity contribution in [1.82, 2.24) is 4.72 Å². The van der Waals surface area contributed by atoms with Gasteiger partial charge in [0, 0.05) is 6.07 Å². The normalized spacial score (nSPS) is 12.5. The molecule has 9 heteroatoms. The average Bonchev–Trinajstić information content (AvgIpc) is 2.54. The number of nitro groups is 1. The Morgan fingerprint density at radius 3 is 2.29 bits per heavy atom. The van der Waals surface area contributed by atoms with Crippen molar-refractivity contribution in [3.63, 3.8) is 0 Å². The zero-order valence-corrected chi connectivity index (χ0v) is 13.1. The Balaban J connectivity index is 2.41. The topological polar surface area (TPSA) is 127 Å². The Labute approximate surface area is 138 Å². The number of para-hydroxylation sites is 1. The summed E-state index contributed by atoms with van der Waals surface area (Å²) in [6.07, 6.45) is -0.496. The van der Waals surface area contributed by atoms with E-state index < -0.39 is 44.0 Å². The van der Waals surface area contributed by atoms with Gasteiger partial charge in [0.15, 0.2) is 4.90 Å². The lowest BCUT2D eigenvalue weighted by molar-refractivity contribution is -0.387. The molecule has 0 aliphatic carbocycles. The molecule has 0 aliphatic rings. The van der Waals surface area contributed by atoms with Crippen molar-refractivity contribution in [3.8, 4) is 0 Å². The Bertz CT molecular complexity index is 851. The standard InChI is InChI=1S/C15H14N2O6S/c18-15(19)10-12(11-6-2-1-3-7-11)16-24(22,23)14-9-5-4-8-13(14)17(20)21/h1-9,12,16H,10H2,(H,18,19). The van der Waals surface area contributed by atoms with E-state index >= 15 is 0 Å². The number of benzene rings is 2. The fourth-order valence-corrected chi connectivity index (χ4v) is 3.57. The Kier molecular flexibility index (Phi) is 5.27. The average molecular weight is 350 g/mol. The van der Waals surface area contributed by atoms with Crippen LogP contribution >= 0.6 is 0 Å². The Hall–Kier alpha value is -2.78. The van der Waals surface area contributed by atoms with Gasteiger partial charge in [0.1, 0.15) is 0 Å². The van der Waals surface area contributed by atoms with Gasteiger partial charge in [0.2, 0.25) is 10.0 Å². The van der Waals surface area contributed by atoms with E-state index in [2.05, 4.69) is 4.72 Å². The Morgan fingerprint density at radius 1 is 1.12 bits per heavy atom. The molecule has 2 rings (SSSR count). The number of rotatable bonds is 7. The van der Waals surface area contributed by atoms with Crippen LogP contribution in [0.5, 0.6) is 0 Å². The van der Waals surface area contributed by atoms with Crippen LogP contribution in [0.3, 0.4) is 0 Å². The number of hydrogen-bond donors (Lipinski definition) is 2. The third kappa shape index (κ3) is 4.15. The molecule has 0 saturated heterocycles. The molecule has 0 radical (unpaired) electrons. The molecule has 2 N–H and O–H groups in total. The second-order valence-electron chi connectivity index (χ2n) is 4.91. The molecule has 8 nitrogen and oxygen atoms in total. The number of hydrogen-bond acceptors (Lipinski definition) is 5. The van der Waals surface area contributed by atoms with Gasteiger partial charge >= 0.3 is 5.97 Å². The van der Waals surface area contributed by atoms with Crippen LogP contribution in [0, 0.1) is 10.1 Å². The van der Waals surface area contributed by atoms with E-state index in [1.807, 2.05) is 0 Å². The van der Waals surface area contributed by atoms with E-state index in [-0.39, 0.29) is 0 Å². The van der Waals surface area contributed by atoms with Crippen LogP contribution in [-0.2, 0) is 14.8 Å². The molecular formula is C15H14N2O6S.